The van der Waals surface area contributed by atoms with Crippen LogP contribution in [0.1, 0.15) is 47.5 Å². The first-order valence-electron chi connectivity index (χ1n) is 7.62. The molecule has 0 fully saturated rings. The average Bonchev–Trinajstić information content (AvgIpc) is 2.36. The Balaban J connectivity index is 2.66. The van der Waals surface area contributed by atoms with Gasteiger partial charge in [0.1, 0.15) is 5.75 Å². The number of hydrogen-bond acceptors (Lipinski definition) is 3. The maximum Gasteiger partial charge on any atom is 0.413 e. The number of benzene rings is 1. The Morgan fingerprint density at radius 2 is 1.95 bits per heavy atom. The molecule has 2 amide bonds. The van der Waals surface area contributed by atoms with Crippen LogP contribution in [-0.2, 0) is 4.79 Å². The normalized spacial score (nSPS) is 12.4. The fraction of sp³-hybridized carbons (Fsp3) is 0.529. The Morgan fingerprint density at radius 3 is 2.55 bits per heavy atom. The van der Waals surface area contributed by atoms with Crippen LogP contribution in [0.2, 0.25) is 0 Å². The second kappa shape index (κ2) is 7.82. The van der Waals surface area contributed by atoms with Crippen LogP contribution in [0.25, 0.3) is 0 Å². The van der Waals surface area contributed by atoms with Gasteiger partial charge < -0.3 is 15.4 Å². The molecule has 0 aromatic heterocycles. The quantitative estimate of drug-likeness (QED) is 0.865. The summed E-state index contributed by atoms with van der Waals surface area (Å²) in [7, 11) is 0. The molecule has 0 heterocycles. The Labute approximate surface area is 132 Å². The lowest BCUT2D eigenvalue weighted by atomic mass is 10.1. The van der Waals surface area contributed by atoms with E-state index in [-0.39, 0.29) is 17.4 Å². The van der Waals surface area contributed by atoms with Crippen molar-refractivity contribution >= 4 is 17.7 Å². The third-order valence-corrected chi connectivity index (χ3v) is 2.96. The van der Waals surface area contributed by atoms with E-state index in [2.05, 4.69) is 10.6 Å². The van der Waals surface area contributed by atoms with Crippen molar-refractivity contribution in [3.05, 3.63) is 24.3 Å². The van der Waals surface area contributed by atoms with E-state index in [9.17, 15) is 9.59 Å². The first-order valence-corrected chi connectivity index (χ1v) is 7.62. The van der Waals surface area contributed by atoms with Crippen LogP contribution in [0.4, 0.5) is 10.5 Å². The molecule has 0 saturated carbocycles. The van der Waals surface area contributed by atoms with Crippen LogP contribution >= 0.6 is 0 Å². The minimum Gasteiger partial charge on any atom is -0.410 e. The van der Waals surface area contributed by atoms with Gasteiger partial charge in [0, 0.05) is 23.2 Å². The second-order valence-electron chi connectivity index (χ2n) is 6.47. The van der Waals surface area contributed by atoms with Crippen molar-refractivity contribution in [1.82, 2.24) is 5.32 Å². The summed E-state index contributed by atoms with van der Waals surface area (Å²) in [6.45, 7) is 9.57. The number of anilines is 1. The zero-order valence-electron chi connectivity index (χ0n) is 14.0. The van der Waals surface area contributed by atoms with Gasteiger partial charge in [-0.25, -0.2) is 4.79 Å². The van der Waals surface area contributed by atoms with E-state index < -0.39 is 6.09 Å². The number of amides is 2. The maximum atomic E-state index is 12.0. The van der Waals surface area contributed by atoms with Crippen molar-refractivity contribution < 1.29 is 14.3 Å². The molecular formula is C17H26N2O3. The molecule has 5 heteroatoms. The van der Waals surface area contributed by atoms with E-state index in [4.69, 9.17) is 4.74 Å². The van der Waals surface area contributed by atoms with Crippen LogP contribution in [-0.4, -0.2) is 17.5 Å². The Kier molecular flexibility index (Phi) is 6.40. The van der Waals surface area contributed by atoms with Gasteiger partial charge in [0.25, 0.3) is 0 Å². The lowest BCUT2D eigenvalue weighted by Gasteiger charge is -2.20. The average molecular weight is 306 g/mol. The molecule has 0 spiro atoms. The smallest absolute Gasteiger partial charge is 0.410 e. The summed E-state index contributed by atoms with van der Waals surface area (Å²) in [6.07, 6.45) is 1.29. The van der Waals surface area contributed by atoms with Crippen molar-refractivity contribution in [3.8, 4) is 5.75 Å². The summed E-state index contributed by atoms with van der Waals surface area (Å²) in [6, 6.07) is 6.82. The first-order chi connectivity index (χ1) is 10.2. The number of carbonyl (C=O) groups is 2. The molecule has 1 aromatic carbocycles. The van der Waals surface area contributed by atoms with E-state index in [1.807, 2.05) is 34.6 Å². The molecule has 0 radical (unpaired) electrons. The van der Waals surface area contributed by atoms with Crippen LogP contribution in [0.3, 0.4) is 0 Å². The van der Waals surface area contributed by atoms with Gasteiger partial charge in [0.15, 0.2) is 0 Å². The molecule has 0 aliphatic heterocycles. The van der Waals surface area contributed by atoms with Crippen molar-refractivity contribution in [3.63, 3.8) is 0 Å². The number of rotatable bonds is 5. The molecule has 0 bridgehead atoms. The lowest BCUT2D eigenvalue weighted by Crippen LogP contribution is -2.42. The molecule has 0 aliphatic carbocycles. The second-order valence-corrected chi connectivity index (χ2v) is 6.47. The third-order valence-electron chi connectivity index (χ3n) is 2.96. The monoisotopic (exact) mass is 306 g/mol. The summed E-state index contributed by atoms with van der Waals surface area (Å²) >= 11 is 0. The van der Waals surface area contributed by atoms with Crippen LogP contribution in [0, 0.1) is 5.92 Å². The van der Waals surface area contributed by atoms with Crippen molar-refractivity contribution in [2.75, 3.05) is 5.32 Å². The number of nitrogens with one attached hydrogen (secondary N) is 2. The first kappa shape index (κ1) is 18.0. The number of ether oxygens (including phenoxy) is 1. The van der Waals surface area contributed by atoms with Crippen molar-refractivity contribution in [1.29, 1.82) is 0 Å². The molecule has 1 aromatic rings. The molecule has 1 atom stereocenters. The SMILES string of the molecule is CCCC(C)C(=O)Nc1cccc(OC(=O)NC(C)(C)C)c1. The summed E-state index contributed by atoms with van der Waals surface area (Å²) < 4.78 is 5.22. The van der Waals surface area contributed by atoms with E-state index in [0.717, 1.165) is 12.8 Å². The Hall–Kier alpha value is -2.04. The number of hydrogen-bond donors (Lipinski definition) is 2. The zero-order chi connectivity index (χ0) is 16.8. The highest BCUT2D eigenvalue weighted by atomic mass is 16.6. The predicted octanol–water partition coefficient (Wildman–Crippen LogP) is 3.95. The molecule has 122 valence electrons. The minimum absolute atomic E-state index is 0.0295. The van der Waals surface area contributed by atoms with E-state index in [1.165, 1.54) is 0 Å². The standard InChI is InChI=1S/C17H26N2O3/c1-6-8-12(2)15(20)18-13-9-7-10-14(11-13)22-16(21)19-17(3,4)5/h7,9-12H,6,8H2,1-5H3,(H,18,20)(H,19,21). The van der Waals surface area contributed by atoms with Crippen LogP contribution < -0.4 is 15.4 Å². The highest BCUT2D eigenvalue weighted by Gasteiger charge is 2.16. The van der Waals surface area contributed by atoms with Gasteiger partial charge in [-0.15, -0.1) is 0 Å². The summed E-state index contributed by atoms with van der Waals surface area (Å²) in [5.74, 6) is 0.319. The van der Waals surface area contributed by atoms with E-state index in [1.54, 1.807) is 24.3 Å². The van der Waals surface area contributed by atoms with Crippen molar-refractivity contribution in [2.45, 2.75) is 53.0 Å². The molecule has 22 heavy (non-hydrogen) atoms. The molecule has 0 saturated heterocycles. The molecule has 0 aliphatic rings. The predicted molar refractivity (Wildman–Crippen MR) is 88.1 cm³/mol. The van der Waals surface area contributed by atoms with Gasteiger partial charge >= 0.3 is 6.09 Å². The van der Waals surface area contributed by atoms with Crippen LogP contribution in [0.5, 0.6) is 5.75 Å². The van der Waals surface area contributed by atoms with E-state index in [0.29, 0.717) is 11.4 Å². The van der Waals surface area contributed by atoms with Gasteiger partial charge in [-0.05, 0) is 39.3 Å². The molecule has 2 N–H and O–H groups in total. The highest BCUT2D eigenvalue weighted by molar-refractivity contribution is 5.92. The van der Waals surface area contributed by atoms with Gasteiger partial charge in [0.05, 0.1) is 0 Å². The Bertz CT molecular complexity index is 521. The fourth-order valence-corrected chi connectivity index (χ4v) is 1.91. The summed E-state index contributed by atoms with van der Waals surface area (Å²) in [4.78, 5) is 23.7. The van der Waals surface area contributed by atoms with Gasteiger partial charge in [-0.2, -0.15) is 0 Å². The number of carbonyl (C=O) groups excluding carboxylic acids is 2. The molecule has 5 nitrogen and oxygen atoms in total. The van der Waals surface area contributed by atoms with Gasteiger partial charge in [-0.3, -0.25) is 4.79 Å². The largest absolute Gasteiger partial charge is 0.413 e. The molecule has 1 rings (SSSR count). The van der Waals surface area contributed by atoms with Crippen molar-refractivity contribution in [2.24, 2.45) is 5.92 Å². The third kappa shape index (κ3) is 6.61. The lowest BCUT2D eigenvalue weighted by molar-refractivity contribution is -0.119. The topological polar surface area (TPSA) is 67.4 Å². The Morgan fingerprint density at radius 1 is 1.27 bits per heavy atom. The maximum absolute atomic E-state index is 12.0. The van der Waals surface area contributed by atoms with E-state index >= 15 is 0 Å². The highest BCUT2D eigenvalue weighted by Crippen LogP contribution is 2.19. The van der Waals surface area contributed by atoms with Gasteiger partial charge in [-0.1, -0.05) is 26.3 Å². The summed E-state index contributed by atoms with van der Waals surface area (Å²) in [5.41, 5.74) is 0.257. The van der Waals surface area contributed by atoms with Crippen LogP contribution in [0.15, 0.2) is 24.3 Å². The minimum atomic E-state index is -0.518. The fourth-order valence-electron chi connectivity index (χ4n) is 1.91. The summed E-state index contributed by atoms with van der Waals surface area (Å²) in [5, 5.41) is 5.55. The van der Waals surface area contributed by atoms with Gasteiger partial charge in [0.2, 0.25) is 5.91 Å². The zero-order valence-corrected chi connectivity index (χ0v) is 14.0. The molecular weight excluding hydrogens is 280 g/mol. The molecule has 1 unspecified atom stereocenters.